The minimum atomic E-state index is -0.141. The first-order chi connectivity index (χ1) is 9.22. The van der Waals surface area contributed by atoms with Crippen LogP contribution < -0.4 is 5.32 Å². The van der Waals surface area contributed by atoms with Gasteiger partial charge < -0.3 is 9.73 Å². The van der Waals surface area contributed by atoms with Crippen molar-refractivity contribution < 1.29 is 8.81 Å². The molecule has 1 saturated carbocycles. The summed E-state index contributed by atoms with van der Waals surface area (Å²) in [6, 6.07) is 11.6. The Balaban J connectivity index is 1.53. The fourth-order valence-corrected chi connectivity index (χ4v) is 2.76. The largest absolute Gasteiger partial charge is 0.468 e. The van der Waals surface area contributed by atoms with Gasteiger partial charge in [-0.05, 0) is 55.5 Å². The fourth-order valence-electron chi connectivity index (χ4n) is 2.76. The molecule has 3 heteroatoms. The average Bonchev–Trinajstić information content (AvgIpc) is 2.86. The summed E-state index contributed by atoms with van der Waals surface area (Å²) in [5.74, 6) is 1.31. The maximum absolute atomic E-state index is 13.2. The van der Waals surface area contributed by atoms with Crippen LogP contribution in [0.3, 0.4) is 0 Å². The van der Waals surface area contributed by atoms with Crippen molar-refractivity contribution in [2.75, 3.05) is 0 Å². The molecule has 1 N–H and O–H groups in total. The number of benzene rings is 1. The molecule has 1 atom stereocenters. The molecule has 0 spiro atoms. The van der Waals surface area contributed by atoms with Gasteiger partial charge in [0, 0.05) is 6.04 Å². The lowest BCUT2D eigenvalue weighted by Gasteiger charge is -2.37. The van der Waals surface area contributed by atoms with Crippen LogP contribution in [0.2, 0.25) is 0 Å². The third kappa shape index (κ3) is 2.71. The Morgan fingerprint density at radius 1 is 1.26 bits per heavy atom. The summed E-state index contributed by atoms with van der Waals surface area (Å²) in [6.45, 7) is 2.11. The van der Waals surface area contributed by atoms with Gasteiger partial charge in [0.1, 0.15) is 11.6 Å². The Bertz CT molecular complexity index is 531. The molecule has 1 aliphatic rings. The standard InChI is InChI=1S/C16H18FNO/c1-11(16-6-3-7-19-16)18-15-9-13(10-15)12-4-2-5-14(17)8-12/h2-8,11,13,15,18H,9-10H2,1H3/t11-,13?,15?/m1/s1. The highest BCUT2D eigenvalue weighted by atomic mass is 19.1. The lowest BCUT2D eigenvalue weighted by molar-refractivity contribution is 0.258. The molecule has 0 saturated heterocycles. The smallest absolute Gasteiger partial charge is 0.123 e. The first-order valence-electron chi connectivity index (χ1n) is 6.77. The lowest BCUT2D eigenvalue weighted by Crippen LogP contribution is -2.41. The lowest BCUT2D eigenvalue weighted by atomic mass is 9.75. The summed E-state index contributed by atoms with van der Waals surface area (Å²) >= 11 is 0. The summed E-state index contributed by atoms with van der Waals surface area (Å²) in [5.41, 5.74) is 1.11. The van der Waals surface area contributed by atoms with E-state index in [9.17, 15) is 4.39 Å². The Morgan fingerprint density at radius 2 is 2.11 bits per heavy atom. The van der Waals surface area contributed by atoms with E-state index in [-0.39, 0.29) is 11.9 Å². The molecule has 2 nitrogen and oxygen atoms in total. The summed E-state index contributed by atoms with van der Waals surface area (Å²) < 4.78 is 18.5. The Kier molecular flexibility index (Phi) is 3.38. The quantitative estimate of drug-likeness (QED) is 0.897. The second-order valence-electron chi connectivity index (χ2n) is 5.32. The van der Waals surface area contributed by atoms with Crippen molar-refractivity contribution in [3.63, 3.8) is 0 Å². The van der Waals surface area contributed by atoms with Crippen LogP contribution in [0.5, 0.6) is 0 Å². The number of hydrogen-bond donors (Lipinski definition) is 1. The Morgan fingerprint density at radius 3 is 2.79 bits per heavy atom. The van der Waals surface area contributed by atoms with Crippen LogP contribution >= 0.6 is 0 Å². The molecule has 0 radical (unpaired) electrons. The van der Waals surface area contributed by atoms with Gasteiger partial charge in [-0.1, -0.05) is 12.1 Å². The second-order valence-corrected chi connectivity index (χ2v) is 5.32. The van der Waals surface area contributed by atoms with E-state index in [4.69, 9.17) is 4.42 Å². The Hall–Kier alpha value is -1.61. The third-order valence-electron chi connectivity index (χ3n) is 3.91. The predicted octanol–water partition coefficient (Wildman–Crippen LogP) is 4.02. The SMILES string of the molecule is C[C@@H](NC1CC(c2cccc(F)c2)C1)c1ccco1. The van der Waals surface area contributed by atoms with Crippen LogP contribution in [0.25, 0.3) is 0 Å². The summed E-state index contributed by atoms with van der Waals surface area (Å²) in [6.07, 6.45) is 3.83. The molecule has 0 unspecified atom stereocenters. The molecular formula is C16H18FNO. The molecule has 1 heterocycles. The molecular weight excluding hydrogens is 241 g/mol. The van der Waals surface area contributed by atoms with Crippen LogP contribution in [0.15, 0.2) is 47.1 Å². The van der Waals surface area contributed by atoms with Crippen molar-refractivity contribution in [1.82, 2.24) is 5.32 Å². The van der Waals surface area contributed by atoms with Gasteiger partial charge >= 0.3 is 0 Å². The van der Waals surface area contributed by atoms with Crippen molar-refractivity contribution in [2.45, 2.75) is 37.8 Å². The van der Waals surface area contributed by atoms with E-state index in [1.54, 1.807) is 18.4 Å². The summed E-state index contributed by atoms with van der Waals surface area (Å²) in [7, 11) is 0. The number of rotatable bonds is 4. The van der Waals surface area contributed by atoms with Crippen molar-refractivity contribution in [1.29, 1.82) is 0 Å². The van der Waals surface area contributed by atoms with E-state index in [2.05, 4.69) is 12.2 Å². The number of halogens is 1. The van der Waals surface area contributed by atoms with E-state index in [0.717, 1.165) is 24.2 Å². The maximum Gasteiger partial charge on any atom is 0.123 e. The fraction of sp³-hybridized carbons (Fsp3) is 0.375. The van der Waals surface area contributed by atoms with Gasteiger partial charge in [0.2, 0.25) is 0 Å². The third-order valence-corrected chi connectivity index (χ3v) is 3.91. The van der Waals surface area contributed by atoms with E-state index in [0.29, 0.717) is 12.0 Å². The van der Waals surface area contributed by atoms with Gasteiger partial charge in [0.25, 0.3) is 0 Å². The van der Waals surface area contributed by atoms with Crippen molar-refractivity contribution in [3.8, 4) is 0 Å². The van der Waals surface area contributed by atoms with Gasteiger partial charge in [-0.3, -0.25) is 0 Å². The predicted molar refractivity (Wildman–Crippen MR) is 72.4 cm³/mol. The van der Waals surface area contributed by atoms with Crippen LogP contribution in [-0.2, 0) is 0 Å². The number of hydrogen-bond acceptors (Lipinski definition) is 2. The van der Waals surface area contributed by atoms with Gasteiger partial charge in [-0.25, -0.2) is 4.39 Å². The molecule has 1 fully saturated rings. The van der Waals surface area contributed by atoms with Gasteiger partial charge in [0.05, 0.1) is 12.3 Å². The van der Waals surface area contributed by atoms with E-state index >= 15 is 0 Å². The van der Waals surface area contributed by atoms with E-state index in [1.807, 2.05) is 18.2 Å². The maximum atomic E-state index is 13.2. The molecule has 1 aromatic carbocycles. The van der Waals surface area contributed by atoms with Crippen LogP contribution in [0.1, 0.15) is 43.0 Å². The zero-order valence-electron chi connectivity index (χ0n) is 11.0. The minimum Gasteiger partial charge on any atom is -0.468 e. The topological polar surface area (TPSA) is 25.2 Å². The minimum absolute atomic E-state index is 0.141. The molecule has 19 heavy (non-hydrogen) atoms. The van der Waals surface area contributed by atoms with Crippen LogP contribution in [0, 0.1) is 5.82 Å². The molecule has 0 bridgehead atoms. The highest BCUT2D eigenvalue weighted by Gasteiger charge is 2.31. The van der Waals surface area contributed by atoms with Gasteiger partial charge in [-0.15, -0.1) is 0 Å². The average molecular weight is 259 g/mol. The number of furan rings is 1. The summed E-state index contributed by atoms with van der Waals surface area (Å²) in [5, 5.41) is 3.55. The number of nitrogens with one attached hydrogen (secondary N) is 1. The molecule has 2 aromatic rings. The van der Waals surface area contributed by atoms with Gasteiger partial charge in [-0.2, -0.15) is 0 Å². The van der Waals surface area contributed by atoms with Crippen LogP contribution in [0.4, 0.5) is 4.39 Å². The first kappa shape index (κ1) is 12.4. The molecule has 0 aliphatic heterocycles. The van der Waals surface area contributed by atoms with Crippen molar-refractivity contribution in [3.05, 3.63) is 59.8 Å². The van der Waals surface area contributed by atoms with E-state index < -0.39 is 0 Å². The Labute approximate surface area is 112 Å². The first-order valence-corrected chi connectivity index (χ1v) is 6.77. The molecule has 1 aliphatic carbocycles. The molecule has 100 valence electrons. The monoisotopic (exact) mass is 259 g/mol. The summed E-state index contributed by atoms with van der Waals surface area (Å²) in [4.78, 5) is 0. The highest BCUT2D eigenvalue weighted by Crippen LogP contribution is 2.38. The van der Waals surface area contributed by atoms with E-state index in [1.165, 1.54) is 6.07 Å². The molecule has 3 rings (SSSR count). The normalized spacial score (nSPS) is 23.9. The second kappa shape index (κ2) is 5.17. The van der Waals surface area contributed by atoms with Crippen molar-refractivity contribution in [2.24, 2.45) is 0 Å². The zero-order chi connectivity index (χ0) is 13.2. The highest BCUT2D eigenvalue weighted by molar-refractivity contribution is 5.24. The molecule has 0 amide bonds. The van der Waals surface area contributed by atoms with Crippen molar-refractivity contribution >= 4 is 0 Å². The van der Waals surface area contributed by atoms with Crippen LogP contribution in [-0.4, -0.2) is 6.04 Å². The molecule has 1 aromatic heterocycles. The van der Waals surface area contributed by atoms with Gasteiger partial charge in [0.15, 0.2) is 0 Å². The zero-order valence-corrected chi connectivity index (χ0v) is 11.0.